The molecule has 0 saturated heterocycles. The van der Waals surface area contributed by atoms with Crippen molar-refractivity contribution in [3.05, 3.63) is 59.7 Å². The number of rotatable bonds is 13. The van der Waals surface area contributed by atoms with Gasteiger partial charge < -0.3 is 14.2 Å². The molecular formula is C22H23F8NO3. The lowest BCUT2D eigenvalue weighted by Gasteiger charge is -2.29. The monoisotopic (exact) mass is 501 g/mol. The Balaban J connectivity index is 1.93. The summed E-state index contributed by atoms with van der Waals surface area (Å²) in [6.07, 6.45) is -11.2. The first kappa shape index (κ1) is 27.6. The van der Waals surface area contributed by atoms with E-state index in [1.807, 2.05) is 0 Å². The van der Waals surface area contributed by atoms with Crippen LogP contribution in [0.3, 0.4) is 0 Å². The Morgan fingerprint density at radius 1 is 0.882 bits per heavy atom. The van der Waals surface area contributed by atoms with E-state index in [0.29, 0.717) is 24.2 Å². The molecule has 0 aromatic heterocycles. The van der Waals surface area contributed by atoms with Crippen LogP contribution in [0, 0.1) is 0 Å². The predicted octanol–water partition coefficient (Wildman–Crippen LogP) is 6.55. The summed E-state index contributed by atoms with van der Waals surface area (Å²) in [6, 6.07) is 12.4. The molecule has 0 spiro atoms. The van der Waals surface area contributed by atoms with Crippen molar-refractivity contribution in [3.63, 3.8) is 0 Å². The van der Waals surface area contributed by atoms with Crippen LogP contribution in [0.15, 0.2) is 48.5 Å². The molecule has 1 atom stereocenters. The maximum absolute atomic E-state index is 12.8. The average molecular weight is 501 g/mol. The topological polar surface area (TPSA) is 30.9 Å². The molecule has 0 aliphatic heterocycles. The average Bonchev–Trinajstić information content (AvgIpc) is 2.74. The molecule has 0 radical (unpaired) electrons. The highest BCUT2D eigenvalue weighted by Gasteiger charge is 2.42. The van der Waals surface area contributed by atoms with Gasteiger partial charge in [0.2, 0.25) is 0 Å². The molecule has 1 unspecified atom stereocenters. The van der Waals surface area contributed by atoms with Crippen LogP contribution in [0.1, 0.15) is 24.0 Å². The lowest BCUT2D eigenvalue weighted by atomic mass is 10.0. The first-order valence-electron chi connectivity index (χ1n) is 10.2. The van der Waals surface area contributed by atoms with Crippen LogP contribution in [0.25, 0.3) is 0 Å². The van der Waals surface area contributed by atoms with Crippen LogP contribution in [0.4, 0.5) is 35.1 Å². The maximum atomic E-state index is 12.8. The zero-order valence-corrected chi connectivity index (χ0v) is 17.8. The lowest BCUT2D eigenvalue weighted by Crippen LogP contribution is -2.46. The van der Waals surface area contributed by atoms with E-state index < -0.39 is 37.4 Å². The van der Waals surface area contributed by atoms with Gasteiger partial charge in [0, 0.05) is 0 Å². The second kappa shape index (κ2) is 12.7. The molecule has 34 heavy (non-hydrogen) atoms. The predicted molar refractivity (Wildman–Crippen MR) is 106 cm³/mol. The van der Waals surface area contributed by atoms with Gasteiger partial charge in [0.25, 0.3) is 0 Å². The molecule has 0 bridgehead atoms. The van der Waals surface area contributed by atoms with Gasteiger partial charge in [0.1, 0.15) is 17.7 Å². The van der Waals surface area contributed by atoms with Crippen molar-refractivity contribution in [1.82, 2.24) is 4.90 Å². The van der Waals surface area contributed by atoms with Crippen molar-refractivity contribution >= 4 is 0 Å². The van der Waals surface area contributed by atoms with Crippen LogP contribution in [0.2, 0.25) is 0 Å². The molecule has 2 aromatic carbocycles. The van der Waals surface area contributed by atoms with Gasteiger partial charge in [-0.15, -0.1) is 13.2 Å². The summed E-state index contributed by atoms with van der Waals surface area (Å²) in [6.45, 7) is -3.43. The highest BCUT2D eigenvalue weighted by Crippen LogP contribution is 2.27. The third-order valence-corrected chi connectivity index (χ3v) is 4.70. The summed E-state index contributed by atoms with van der Waals surface area (Å²) in [5.41, 5.74) is 1.32. The van der Waals surface area contributed by atoms with Crippen LogP contribution in [-0.2, 0) is 17.6 Å². The van der Waals surface area contributed by atoms with Gasteiger partial charge in [-0.05, 0) is 55.0 Å². The Hall–Kier alpha value is -2.60. The third-order valence-electron chi connectivity index (χ3n) is 4.70. The molecule has 2 rings (SSSR count). The fraction of sp³-hybridized carbons (Fsp3) is 0.455. The summed E-state index contributed by atoms with van der Waals surface area (Å²) in [5, 5.41) is 0. The Morgan fingerprint density at radius 2 is 1.62 bits per heavy atom. The van der Waals surface area contributed by atoms with E-state index in [1.54, 1.807) is 30.3 Å². The molecule has 4 nitrogen and oxygen atoms in total. The van der Waals surface area contributed by atoms with Crippen molar-refractivity contribution in [2.75, 3.05) is 20.3 Å². The van der Waals surface area contributed by atoms with Gasteiger partial charge in [-0.3, -0.25) is 0 Å². The normalized spacial score (nSPS) is 13.2. The second-order valence-corrected chi connectivity index (χ2v) is 7.08. The molecule has 0 saturated carbocycles. The standard InChI is InChI=1S/C22H23F8NO3/c23-14-31(21(25,26)27)20(33-15-24)9-4-12-32-19-8-2-1-6-17(19)11-10-16-5-3-7-18(13-16)34-22(28,29)30/h1-3,5-8,13,20H,4,9-12,14-15H2. The van der Waals surface area contributed by atoms with Gasteiger partial charge in [0.05, 0.1) is 6.61 Å². The summed E-state index contributed by atoms with van der Waals surface area (Å²) in [4.78, 5) is -0.544. The number of hydrogen-bond donors (Lipinski definition) is 0. The number of hydrogen-bond acceptors (Lipinski definition) is 4. The van der Waals surface area contributed by atoms with E-state index >= 15 is 0 Å². The first-order chi connectivity index (χ1) is 16.0. The summed E-state index contributed by atoms with van der Waals surface area (Å²) >= 11 is 0. The van der Waals surface area contributed by atoms with E-state index in [4.69, 9.17) is 4.74 Å². The number of ether oxygens (including phenoxy) is 3. The van der Waals surface area contributed by atoms with Crippen LogP contribution in [-0.4, -0.2) is 44.1 Å². The Kier molecular flexibility index (Phi) is 10.4. The van der Waals surface area contributed by atoms with Gasteiger partial charge in [-0.1, -0.05) is 30.3 Å². The molecule has 2 aromatic rings. The third kappa shape index (κ3) is 9.34. The van der Waals surface area contributed by atoms with E-state index in [-0.39, 0.29) is 25.2 Å². The van der Waals surface area contributed by atoms with Crippen LogP contribution >= 0.6 is 0 Å². The van der Waals surface area contributed by atoms with Gasteiger partial charge >= 0.3 is 12.7 Å². The Bertz CT molecular complexity index is 876. The number of alkyl halides is 8. The molecule has 0 aliphatic carbocycles. The van der Waals surface area contributed by atoms with Crippen molar-refractivity contribution in [3.8, 4) is 11.5 Å². The molecular weight excluding hydrogens is 478 g/mol. The molecule has 0 aliphatic rings. The number of nitrogens with zero attached hydrogens (tertiary/aromatic N) is 1. The van der Waals surface area contributed by atoms with E-state index in [2.05, 4.69) is 9.47 Å². The smallest absolute Gasteiger partial charge is 0.493 e. The molecule has 190 valence electrons. The largest absolute Gasteiger partial charge is 0.573 e. The van der Waals surface area contributed by atoms with Crippen molar-refractivity contribution in [2.24, 2.45) is 0 Å². The quantitative estimate of drug-likeness (QED) is 0.135. The highest BCUT2D eigenvalue weighted by molar-refractivity contribution is 5.35. The van der Waals surface area contributed by atoms with Crippen LogP contribution in [0.5, 0.6) is 11.5 Å². The maximum Gasteiger partial charge on any atom is 0.573 e. The minimum absolute atomic E-state index is 0.0163. The summed E-state index contributed by atoms with van der Waals surface area (Å²) in [7, 11) is 0. The minimum Gasteiger partial charge on any atom is -0.493 e. The molecule has 0 amide bonds. The molecule has 0 fully saturated rings. The number of para-hydroxylation sites is 1. The molecule has 12 heteroatoms. The van der Waals surface area contributed by atoms with Crippen molar-refractivity contribution in [1.29, 1.82) is 0 Å². The Labute approximate surface area is 191 Å². The van der Waals surface area contributed by atoms with Gasteiger partial charge in [-0.25, -0.2) is 8.78 Å². The van der Waals surface area contributed by atoms with E-state index in [0.717, 1.165) is 5.56 Å². The summed E-state index contributed by atoms with van der Waals surface area (Å²) in [5.74, 6) is 0.104. The molecule has 0 N–H and O–H groups in total. The molecule has 0 heterocycles. The number of benzene rings is 2. The SMILES string of the molecule is FCOC(CCCOc1ccccc1CCc1cccc(OC(F)(F)F)c1)N(CF)C(F)(F)F. The van der Waals surface area contributed by atoms with Gasteiger partial charge in [0.15, 0.2) is 13.7 Å². The second-order valence-electron chi connectivity index (χ2n) is 7.08. The fourth-order valence-electron chi connectivity index (χ4n) is 3.18. The summed E-state index contributed by atoms with van der Waals surface area (Å²) < 4.78 is 115. The number of aryl methyl sites for hydroxylation is 2. The minimum atomic E-state index is -5.02. The lowest BCUT2D eigenvalue weighted by molar-refractivity contribution is -0.305. The van der Waals surface area contributed by atoms with Gasteiger partial charge in [-0.2, -0.15) is 18.1 Å². The zero-order valence-electron chi connectivity index (χ0n) is 17.8. The highest BCUT2D eigenvalue weighted by atomic mass is 19.4. The van der Waals surface area contributed by atoms with Crippen LogP contribution < -0.4 is 9.47 Å². The number of halogens is 8. The van der Waals surface area contributed by atoms with E-state index in [9.17, 15) is 35.1 Å². The van der Waals surface area contributed by atoms with E-state index in [1.165, 1.54) is 18.2 Å². The van der Waals surface area contributed by atoms with Crippen molar-refractivity contribution < 1.29 is 49.3 Å². The Morgan fingerprint density at radius 3 is 2.26 bits per heavy atom. The van der Waals surface area contributed by atoms with Crippen molar-refractivity contribution in [2.45, 2.75) is 44.6 Å². The fourth-order valence-corrected chi connectivity index (χ4v) is 3.18. The zero-order chi connectivity index (χ0) is 25.2. The first-order valence-corrected chi connectivity index (χ1v) is 10.2.